The molecule has 0 N–H and O–H groups in total. The van der Waals surface area contributed by atoms with Crippen LogP contribution >= 0.6 is 0 Å². The smallest absolute Gasteiger partial charge is 0.317 e. The maximum atomic E-state index is 14.4. The molecule has 0 radical (unpaired) electrons. The Kier molecular flexibility index (Phi) is 5.94. The summed E-state index contributed by atoms with van der Waals surface area (Å²) in [7, 11) is 0. The second-order valence-corrected chi connectivity index (χ2v) is 8.55. The van der Waals surface area contributed by atoms with E-state index >= 15 is 0 Å². The van der Waals surface area contributed by atoms with Crippen LogP contribution in [0.1, 0.15) is 84.0 Å². The number of carbonyl (C=O) groups is 1. The predicted octanol–water partition coefficient (Wildman–Crippen LogP) is 5.74. The molecule has 3 rings (SSSR count). The van der Waals surface area contributed by atoms with Gasteiger partial charge >= 0.3 is 6.11 Å². The van der Waals surface area contributed by atoms with Crippen LogP contribution in [0.2, 0.25) is 0 Å². The molecule has 0 amide bonds. The number of ether oxygens (including phenoxy) is 1. The highest BCUT2D eigenvalue weighted by molar-refractivity contribution is 5.79. The third-order valence-corrected chi connectivity index (χ3v) is 6.79. The molecular formula is C20H32F2O2. The van der Waals surface area contributed by atoms with E-state index in [0.29, 0.717) is 0 Å². The lowest BCUT2D eigenvalue weighted by Gasteiger charge is -2.39. The number of alkyl halides is 2. The molecule has 3 aliphatic carbocycles. The van der Waals surface area contributed by atoms with Crippen LogP contribution in [0.5, 0.6) is 0 Å². The highest BCUT2D eigenvalue weighted by Gasteiger charge is 2.45. The van der Waals surface area contributed by atoms with Crippen LogP contribution in [0.4, 0.5) is 8.78 Å². The monoisotopic (exact) mass is 342 g/mol. The first-order chi connectivity index (χ1) is 11.4. The molecule has 0 saturated heterocycles. The molecule has 0 unspecified atom stereocenters. The number of hydrogen-bond donors (Lipinski definition) is 0. The first-order valence-corrected chi connectivity index (χ1v) is 10.0. The van der Waals surface area contributed by atoms with Crippen molar-refractivity contribution in [2.45, 2.75) is 96.2 Å². The molecule has 0 aliphatic heterocycles. The van der Waals surface area contributed by atoms with E-state index < -0.39 is 12.0 Å². The Morgan fingerprint density at radius 1 is 0.833 bits per heavy atom. The number of ketones is 1. The topological polar surface area (TPSA) is 26.3 Å². The first-order valence-electron chi connectivity index (χ1n) is 10.0. The van der Waals surface area contributed by atoms with Crippen molar-refractivity contribution in [2.24, 2.45) is 23.7 Å². The summed E-state index contributed by atoms with van der Waals surface area (Å²) in [5.74, 6) is 1.74. The van der Waals surface area contributed by atoms with E-state index in [4.69, 9.17) is 4.74 Å². The third kappa shape index (κ3) is 4.56. The Bertz CT molecular complexity index is 411. The fourth-order valence-corrected chi connectivity index (χ4v) is 5.03. The van der Waals surface area contributed by atoms with Gasteiger partial charge < -0.3 is 4.74 Å². The molecule has 2 nitrogen and oxygen atoms in total. The minimum absolute atomic E-state index is 0.115. The van der Waals surface area contributed by atoms with Crippen LogP contribution in [0.25, 0.3) is 0 Å². The third-order valence-electron chi connectivity index (χ3n) is 6.79. The normalized spacial score (nSPS) is 36.7. The highest BCUT2D eigenvalue weighted by Crippen LogP contribution is 2.43. The molecule has 0 heterocycles. The molecule has 3 saturated carbocycles. The summed E-state index contributed by atoms with van der Waals surface area (Å²) >= 11 is 0. The molecule has 24 heavy (non-hydrogen) atoms. The second-order valence-electron chi connectivity index (χ2n) is 8.55. The van der Waals surface area contributed by atoms with Gasteiger partial charge in [0.2, 0.25) is 0 Å². The molecular weight excluding hydrogens is 310 g/mol. The van der Waals surface area contributed by atoms with Crippen molar-refractivity contribution >= 4 is 5.78 Å². The van der Waals surface area contributed by atoms with Gasteiger partial charge in [0.1, 0.15) is 5.78 Å². The number of carbonyl (C=O) groups excluding carboxylic acids is 1. The van der Waals surface area contributed by atoms with Gasteiger partial charge in [-0.1, -0.05) is 19.8 Å². The summed E-state index contributed by atoms with van der Waals surface area (Å²) in [6, 6.07) is 0. The van der Waals surface area contributed by atoms with Crippen molar-refractivity contribution < 1.29 is 18.3 Å². The summed E-state index contributed by atoms with van der Waals surface area (Å²) < 4.78 is 34.0. The predicted molar refractivity (Wildman–Crippen MR) is 89.9 cm³/mol. The van der Waals surface area contributed by atoms with Gasteiger partial charge in [-0.15, -0.1) is 0 Å². The number of Topliss-reactive ketones (excluding diaryl/α,β-unsaturated/α-hetero) is 1. The van der Waals surface area contributed by atoms with E-state index in [1.807, 2.05) is 0 Å². The Morgan fingerprint density at radius 3 is 1.88 bits per heavy atom. The second kappa shape index (κ2) is 7.80. The molecule has 4 heteroatoms. The van der Waals surface area contributed by atoms with Gasteiger partial charge in [-0.2, -0.15) is 8.78 Å². The van der Waals surface area contributed by atoms with Crippen LogP contribution in [0.3, 0.4) is 0 Å². The lowest BCUT2D eigenvalue weighted by molar-refractivity contribution is -0.300. The Morgan fingerprint density at radius 2 is 1.33 bits per heavy atom. The van der Waals surface area contributed by atoms with Crippen molar-refractivity contribution in [1.82, 2.24) is 0 Å². The van der Waals surface area contributed by atoms with Crippen molar-refractivity contribution in [3.05, 3.63) is 0 Å². The highest BCUT2D eigenvalue weighted by atomic mass is 19.3. The molecule has 0 aromatic carbocycles. The van der Waals surface area contributed by atoms with E-state index in [1.54, 1.807) is 0 Å². The number of hydrogen-bond acceptors (Lipinski definition) is 2. The molecule has 138 valence electrons. The lowest BCUT2D eigenvalue weighted by Crippen LogP contribution is -2.39. The Labute approximate surface area is 144 Å². The molecule has 0 aromatic rings. The summed E-state index contributed by atoms with van der Waals surface area (Å²) in [6.07, 6.45) is 6.74. The van der Waals surface area contributed by atoms with Gasteiger partial charge in [-0.3, -0.25) is 4.79 Å². The molecule has 0 aromatic heterocycles. The summed E-state index contributed by atoms with van der Waals surface area (Å²) in [4.78, 5) is 11.2. The van der Waals surface area contributed by atoms with Crippen molar-refractivity contribution in [2.75, 3.05) is 0 Å². The van der Waals surface area contributed by atoms with Crippen molar-refractivity contribution in [3.8, 4) is 0 Å². The van der Waals surface area contributed by atoms with Gasteiger partial charge in [-0.25, -0.2) is 0 Å². The van der Waals surface area contributed by atoms with Crippen LogP contribution in [0, 0.1) is 23.7 Å². The van der Waals surface area contributed by atoms with E-state index in [0.717, 1.165) is 43.4 Å². The fraction of sp³-hybridized carbons (Fsp3) is 0.950. The van der Waals surface area contributed by atoms with Gasteiger partial charge in [0.05, 0.1) is 12.0 Å². The number of halogens is 2. The average Bonchev–Trinajstić information content (AvgIpc) is 2.56. The SMILES string of the molecule is CC1CCC(C2CCC(OC(F)(F)C3CCC(=O)CC3)CC2)CC1. The molecule has 3 aliphatic rings. The number of rotatable bonds is 4. The zero-order valence-corrected chi connectivity index (χ0v) is 14.9. The van der Waals surface area contributed by atoms with E-state index in [2.05, 4.69) is 6.92 Å². The Balaban J connectivity index is 1.44. The lowest BCUT2D eigenvalue weighted by atomic mass is 9.71. The molecule has 0 bridgehead atoms. The van der Waals surface area contributed by atoms with Crippen LogP contribution < -0.4 is 0 Å². The standard InChI is InChI=1S/C20H32F2O2/c1-14-2-4-15(5-3-14)16-6-12-19(13-7-16)24-20(21,22)17-8-10-18(23)11-9-17/h14-17,19H,2-13H2,1H3. The minimum atomic E-state index is -3.06. The molecule has 0 atom stereocenters. The average molecular weight is 342 g/mol. The largest absolute Gasteiger partial charge is 0.358 e. The van der Waals surface area contributed by atoms with Crippen LogP contribution in [-0.4, -0.2) is 18.0 Å². The molecule has 0 spiro atoms. The van der Waals surface area contributed by atoms with E-state index in [1.165, 1.54) is 25.7 Å². The van der Waals surface area contributed by atoms with Gasteiger partial charge in [0.25, 0.3) is 0 Å². The molecule has 3 fully saturated rings. The Hall–Kier alpha value is -0.510. The van der Waals surface area contributed by atoms with E-state index in [-0.39, 0.29) is 37.6 Å². The quantitative estimate of drug-likeness (QED) is 0.651. The van der Waals surface area contributed by atoms with Crippen molar-refractivity contribution in [1.29, 1.82) is 0 Å². The fourth-order valence-electron chi connectivity index (χ4n) is 5.03. The van der Waals surface area contributed by atoms with Crippen LogP contribution in [-0.2, 0) is 9.53 Å². The minimum Gasteiger partial charge on any atom is -0.317 e. The maximum Gasteiger partial charge on any atom is 0.358 e. The maximum absolute atomic E-state index is 14.4. The summed E-state index contributed by atoms with van der Waals surface area (Å²) in [5, 5.41) is 0. The van der Waals surface area contributed by atoms with Crippen LogP contribution in [0.15, 0.2) is 0 Å². The van der Waals surface area contributed by atoms with E-state index in [9.17, 15) is 13.6 Å². The zero-order chi connectivity index (χ0) is 17.2. The summed E-state index contributed by atoms with van der Waals surface area (Å²) in [6.45, 7) is 2.34. The van der Waals surface area contributed by atoms with Gasteiger partial charge in [0.15, 0.2) is 0 Å². The van der Waals surface area contributed by atoms with Crippen molar-refractivity contribution in [3.63, 3.8) is 0 Å². The first kappa shape index (κ1) is 18.3. The summed E-state index contributed by atoms with van der Waals surface area (Å²) in [5.41, 5.74) is 0. The van der Waals surface area contributed by atoms with Gasteiger partial charge in [0, 0.05) is 12.8 Å². The van der Waals surface area contributed by atoms with Gasteiger partial charge in [-0.05, 0) is 69.1 Å². The zero-order valence-electron chi connectivity index (χ0n) is 14.9.